The molecule has 0 atom stereocenters. The van der Waals surface area contributed by atoms with E-state index in [2.05, 4.69) is 11.1 Å². The van der Waals surface area contributed by atoms with Gasteiger partial charge in [-0.2, -0.15) is 5.26 Å². The standard InChI is InChI=1S/C13H11N3/c1-9-3-2-4-13(16-9)10-5-6-12(15)11(7-10)8-14/h2-7H,15H2,1H3. The molecular weight excluding hydrogens is 198 g/mol. The molecule has 0 aliphatic heterocycles. The minimum atomic E-state index is 0.487. The van der Waals surface area contributed by atoms with Crippen molar-refractivity contribution in [3.63, 3.8) is 0 Å². The Labute approximate surface area is 94.2 Å². The number of pyridine rings is 1. The molecule has 0 aliphatic carbocycles. The molecule has 1 heterocycles. The van der Waals surface area contributed by atoms with E-state index in [1.807, 2.05) is 31.2 Å². The fourth-order valence-electron chi connectivity index (χ4n) is 1.52. The first-order chi connectivity index (χ1) is 7.70. The number of nitrogens with zero attached hydrogens (tertiary/aromatic N) is 2. The maximum absolute atomic E-state index is 8.89. The van der Waals surface area contributed by atoms with E-state index in [-0.39, 0.29) is 0 Å². The van der Waals surface area contributed by atoms with E-state index in [0.717, 1.165) is 17.0 Å². The molecule has 0 bridgehead atoms. The molecule has 2 rings (SSSR count). The first kappa shape index (κ1) is 10.2. The van der Waals surface area contributed by atoms with Gasteiger partial charge in [-0.1, -0.05) is 12.1 Å². The summed E-state index contributed by atoms with van der Waals surface area (Å²) < 4.78 is 0. The van der Waals surface area contributed by atoms with E-state index in [1.54, 1.807) is 12.1 Å². The third-order valence-electron chi connectivity index (χ3n) is 2.36. The number of benzene rings is 1. The molecule has 0 saturated heterocycles. The molecule has 0 aliphatic rings. The van der Waals surface area contributed by atoms with E-state index in [4.69, 9.17) is 11.0 Å². The zero-order valence-corrected chi connectivity index (χ0v) is 8.94. The van der Waals surface area contributed by atoms with E-state index in [9.17, 15) is 0 Å². The second-order valence-electron chi connectivity index (χ2n) is 3.58. The normalized spacial score (nSPS) is 9.75. The summed E-state index contributed by atoms with van der Waals surface area (Å²) in [6.07, 6.45) is 0. The van der Waals surface area contributed by atoms with Gasteiger partial charge in [0.25, 0.3) is 0 Å². The molecule has 2 aromatic rings. The van der Waals surface area contributed by atoms with Crippen molar-refractivity contribution >= 4 is 5.69 Å². The van der Waals surface area contributed by atoms with Gasteiger partial charge in [-0.05, 0) is 31.2 Å². The van der Waals surface area contributed by atoms with Crippen LogP contribution in [0, 0.1) is 18.3 Å². The predicted molar refractivity (Wildman–Crippen MR) is 63.5 cm³/mol. The van der Waals surface area contributed by atoms with Crippen LogP contribution in [0.2, 0.25) is 0 Å². The largest absolute Gasteiger partial charge is 0.398 e. The van der Waals surface area contributed by atoms with Gasteiger partial charge < -0.3 is 5.73 Å². The highest BCUT2D eigenvalue weighted by Crippen LogP contribution is 2.21. The Morgan fingerprint density at radius 3 is 2.75 bits per heavy atom. The Balaban J connectivity index is 2.54. The van der Waals surface area contributed by atoms with E-state index in [1.165, 1.54) is 0 Å². The van der Waals surface area contributed by atoms with Gasteiger partial charge in [0.15, 0.2) is 0 Å². The molecule has 3 heteroatoms. The van der Waals surface area contributed by atoms with Crippen molar-refractivity contribution in [3.05, 3.63) is 47.7 Å². The zero-order valence-electron chi connectivity index (χ0n) is 8.94. The second-order valence-corrected chi connectivity index (χ2v) is 3.58. The monoisotopic (exact) mass is 209 g/mol. The van der Waals surface area contributed by atoms with Crippen LogP contribution < -0.4 is 5.73 Å². The highest BCUT2D eigenvalue weighted by atomic mass is 14.7. The Morgan fingerprint density at radius 1 is 1.25 bits per heavy atom. The number of hydrogen-bond donors (Lipinski definition) is 1. The van der Waals surface area contributed by atoms with Gasteiger partial charge in [-0.15, -0.1) is 0 Å². The Hall–Kier alpha value is -2.34. The summed E-state index contributed by atoms with van der Waals surface area (Å²) in [5.41, 5.74) is 9.37. The van der Waals surface area contributed by atoms with Crippen LogP contribution in [0.3, 0.4) is 0 Å². The minimum absolute atomic E-state index is 0.487. The number of nitrogen functional groups attached to an aromatic ring is 1. The topological polar surface area (TPSA) is 62.7 Å². The van der Waals surface area contributed by atoms with Gasteiger partial charge in [-0.25, -0.2) is 0 Å². The summed E-state index contributed by atoms with van der Waals surface area (Å²) in [5, 5.41) is 8.89. The van der Waals surface area contributed by atoms with Crippen LogP contribution in [-0.4, -0.2) is 4.98 Å². The SMILES string of the molecule is Cc1cccc(-c2ccc(N)c(C#N)c2)n1. The number of nitriles is 1. The highest BCUT2D eigenvalue weighted by molar-refractivity contribution is 5.67. The third-order valence-corrected chi connectivity index (χ3v) is 2.36. The molecule has 1 aromatic heterocycles. The van der Waals surface area contributed by atoms with Gasteiger partial charge in [0.1, 0.15) is 6.07 Å². The molecule has 0 fully saturated rings. The molecule has 0 unspecified atom stereocenters. The molecule has 0 spiro atoms. The Bertz CT molecular complexity index is 568. The quantitative estimate of drug-likeness (QED) is 0.734. The van der Waals surface area contributed by atoms with Crippen molar-refractivity contribution in [3.8, 4) is 17.3 Å². The van der Waals surface area contributed by atoms with Crippen molar-refractivity contribution < 1.29 is 0 Å². The molecule has 0 amide bonds. The summed E-state index contributed by atoms with van der Waals surface area (Å²) in [6, 6.07) is 13.2. The van der Waals surface area contributed by atoms with Crippen LogP contribution in [0.1, 0.15) is 11.3 Å². The Morgan fingerprint density at radius 2 is 2.06 bits per heavy atom. The molecule has 3 nitrogen and oxygen atoms in total. The van der Waals surface area contributed by atoms with Crippen LogP contribution in [0.5, 0.6) is 0 Å². The summed E-state index contributed by atoms with van der Waals surface area (Å²) in [4.78, 5) is 4.40. The van der Waals surface area contributed by atoms with Gasteiger partial charge in [0, 0.05) is 16.9 Å². The van der Waals surface area contributed by atoms with Crippen molar-refractivity contribution in [2.75, 3.05) is 5.73 Å². The van der Waals surface area contributed by atoms with Gasteiger partial charge in [0.05, 0.1) is 11.3 Å². The lowest BCUT2D eigenvalue weighted by Gasteiger charge is -2.04. The average Bonchev–Trinajstić information content (AvgIpc) is 2.29. The van der Waals surface area contributed by atoms with Crippen LogP contribution in [0.4, 0.5) is 5.69 Å². The van der Waals surface area contributed by atoms with E-state index in [0.29, 0.717) is 11.3 Å². The Kier molecular flexibility index (Phi) is 2.57. The number of nitrogens with two attached hydrogens (primary N) is 1. The van der Waals surface area contributed by atoms with E-state index < -0.39 is 0 Å². The molecule has 78 valence electrons. The fraction of sp³-hybridized carbons (Fsp3) is 0.0769. The smallest absolute Gasteiger partial charge is 0.101 e. The van der Waals surface area contributed by atoms with Gasteiger partial charge in [-0.3, -0.25) is 4.98 Å². The van der Waals surface area contributed by atoms with Crippen LogP contribution >= 0.6 is 0 Å². The molecule has 2 N–H and O–H groups in total. The summed E-state index contributed by atoms with van der Waals surface area (Å²) in [6.45, 7) is 1.94. The third kappa shape index (κ3) is 1.86. The first-order valence-electron chi connectivity index (χ1n) is 4.94. The molecular formula is C13H11N3. The molecule has 0 radical (unpaired) electrons. The number of anilines is 1. The fourth-order valence-corrected chi connectivity index (χ4v) is 1.52. The van der Waals surface area contributed by atoms with Crippen LogP contribution in [0.15, 0.2) is 36.4 Å². The molecule has 16 heavy (non-hydrogen) atoms. The first-order valence-corrected chi connectivity index (χ1v) is 4.94. The van der Waals surface area contributed by atoms with Crippen molar-refractivity contribution in [1.29, 1.82) is 5.26 Å². The maximum atomic E-state index is 8.89. The zero-order chi connectivity index (χ0) is 11.5. The number of hydrogen-bond acceptors (Lipinski definition) is 3. The second kappa shape index (κ2) is 4.03. The van der Waals surface area contributed by atoms with Gasteiger partial charge in [0.2, 0.25) is 0 Å². The van der Waals surface area contributed by atoms with Gasteiger partial charge >= 0.3 is 0 Å². The average molecular weight is 209 g/mol. The van der Waals surface area contributed by atoms with E-state index >= 15 is 0 Å². The molecule has 1 aromatic carbocycles. The number of aryl methyl sites for hydroxylation is 1. The lowest BCUT2D eigenvalue weighted by atomic mass is 10.1. The predicted octanol–water partition coefficient (Wildman–Crippen LogP) is 2.51. The van der Waals surface area contributed by atoms with Crippen molar-refractivity contribution in [2.24, 2.45) is 0 Å². The van der Waals surface area contributed by atoms with Crippen molar-refractivity contribution in [1.82, 2.24) is 4.98 Å². The van der Waals surface area contributed by atoms with Crippen LogP contribution in [0.25, 0.3) is 11.3 Å². The molecule has 0 saturated carbocycles. The maximum Gasteiger partial charge on any atom is 0.101 e. The lowest BCUT2D eigenvalue weighted by Crippen LogP contribution is -1.92. The minimum Gasteiger partial charge on any atom is -0.398 e. The summed E-state index contributed by atoms with van der Waals surface area (Å²) in [7, 11) is 0. The summed E-state index contributed by atoms with van der Waals surface area (Å²) in [5.74, 6) is 0. The summed E-state index contributed by atoms with van der Waals surface area (Å²) >= 11 is 0. The lowest BCUT2D eigenvalue weighted by molar-refractivity contribution is 1.20. The van der Waals surface area contributed by atoms with Crippen LogP contribution in [-0.2, 0) is 0 Å². The number of rotatable bonds is 1. The highest BCUT2D eigenvalue weighted by Gasteiger charge is 2.03. The number of aromatic nitrogens is 1. The van der Waals surface area contributed by atoms with Crippen molar-refractivity contribution in [2.45, 2.75) is 6.92 Å².